The van der Waals surface area contributed by atoms with Crippen molar-refractivity contribution in [2.24, 2.45) is 27.1 Å². The Balaban J connectivity index is -0.0000000777. The first-order chi connectivity index (χ1) is 31.9. The summed E-state index contributed by atoms with van der Waals surface area (Å²) in [5, 5.41) is 20.4. The minimum absolute atomic E-state index is 0. The van der Waals surface area contributed by atoms with Crippen LogP contribution in [0.15, 0.2) is 87.6 Å². The van der Waals surface area contributed by atoms with Crippen LogP contribution in [0.5, 0.6) is 0 Å². The second-order valence-corrected chi connectivity index (χ2v) is 21.5. The van der Waals surface area contributed by atoms with Crippen molar-refractivity contribution in [3.05, 3.63) is 87.6 Å². The first-order valence-electron chi connectivity index (χ1n) is 24.8. The van der Waals surface area contributed by atoms with E-state index in [-0.39, 0.29) is 88.0 Å². The van der Waals surface area contributed by atoms with Crippen LogP contribution in [0, 0.1) is 27.1 Å². The SMILES string of the molecule is Br.C1CCOC1.C=CC(=O)OC/C=C/CC(C)(C)CC.C=CC(=O)OCCCC(C)(C)CC.C=CC(=O)[O-].C=CC(=O)[O-].C=CCC(C)(C)CC.CCC(C)(C)C/C=C/CBr.CCC(C)(C)CCCBr.[Na+].[Na+]. The Labute approximate surface area is 515 Å². The van der Waals surface area contributed by atoms with E-state index in [1.54, 1.807) is 0 Å². The molecule has 9 nitrogen and oxygen atoms in total. The van der Waals surface area contributed by atoms with Crippen molar-refractivity contribution in [2.45, 2.75) is 194 Å². The summed E-state index contributed by atoms with van der Waals surface area (Å²) in [6.07, 6.45) is 30.8. The Hall–Kier alpha value is -0.540. The van der Waals surface area contributed by atoms with Crippen LogP contribution in [0.3, 0.4) is 0 Å². The largest absolute Gasteiger partial charge is 1.00 e. The second-order valence-electron chi connectivity index (χ2n) is 20.1. The summed E-state index contributed by atoms with van der Waals surface area (Å²) < 4.78 is 14.6. The summed E-state index contributed by atoms with van der Waals surface area (Å²) in [5.74, 6) is -3.16. The van der Waals surface area contributed by atoms with Gasteiger partial charge in [-0.15, -0.1) is 23.6 Å². The van der Waals surface area contributed by atoms with Gasteiger partial charge in [0.1, 0.15) is 6.61 Å². The third kappa shape index (κ3) is 92.1. The van der Waals surface area contributed by atoms with Crippen LogP contribution in [-0.2, 0) is 33.4 Å². The Morgan fingerprint density at radius 2 is 0.861 bits per heavy atom. The number of esters is 2. The smallest absolute Gasteiger partial charge is 0.545 e. The maximum Gasteiger partial charge on any atom is 1.00 e. The number of rotatable bonds is 25. The van der Waals surface area contributed by atoms with E-state index in [0.29, 0.717) is 40.3 Å². The molecule has 1 rings (SSSR count). The zero-order chi connectivity index (χ0) is 55.4. The third-order valence-corrected chi connectivity index (χ3v) is 12.2. The molecular formula is C58H105Br3Na2O9. The molecule has 414 valence electrons. The van der Waals surface area contributed by atoms with Crippen LogP contribution in [0.25, 0.3) is 0 Å². The summed E-state index contributed by atoms with van der Waals surface area (Å²) in [6, 6.07) is 0. The van der Waals surface area contributed by atoms with E-state index in [2.05, 4.69) is 187 Å². The second kappa shape index (κ2) is 63.0. The van der Waals surface area contributed by atoms with Crippen LogP contribution >= 0.6 is 48.8 Å². The van der Waals surface area contributed by atoms with Crippen LogP contribution in [0.4, 0.5) is 0 Å². The number of carboxylic acids is 2. The van der Waals surface area contributed by atoms with Gasteiger partial charge in [0, 0.05) is 36.0 Å². The molecule has 0 bridgehead atoms. The predicted octanol–water partition coefficient (Wildman–Crippen LogP) is 9.62. The fraction of sp³-hybridized carbons (Fsp3) is 0.690. The molecule has 1 saturated heterocycles. The van der Waals surface area contributed by atoms with E-state index in [1.807, 2.05) is 12.2 Å². The van der Waals surface area contributed by atoms with Crippen molar-refractivity contribution in [1.82, 2.24) is 0 Å². The van der Waals surface area contributed by atoms with E-state index >= 15 is 0 Å². The van der Waals surface area contributed by atoms with E-state index in [1.165, 1.54) is 63.5 Å². The van der Waals surface area contributed by atoms with E-state index in [0.717, 1.165) is 74.6 Å². The minimum Gasteiger partial charge on any atom is -0.545 e. The zero-order valence-electron chi connectivity index (χ0n) is 49.2. The van der Waals surface area contributed by atoms with E-state index in [9.17, 15) is 9.59 Å². The first-order valence-corrected chi connectivity index (χ1v) is 27.0. The van der Waals surface area contributed by atoms with Crippen molar-refractivity contribution in [3.63, 3.8) is 0 Å². The van der Waals surface area contributed by atoms with Gasteiger partial charge in [-0.3, -0.25) is 0 Å². The maximum absolute atomic E-state index is 10.7. The Morgan fingerprint density at radius 3 is 1.12 bits per heavy atom. The molecule has 0 atom stereocenters. The topological polar surface area (TPSA) is 142 Å². The number of ether oxygens (including phenoxy) is 3. The Bertz CT molecular complexity index is 1350. The minimum atomic E-state index is -1.23. The standard InChI is InChI=1S/C12H20O2.C11H20O2.C9H17Br.C8H17Br.C8H16.C4H8O.2C3H4O2.BrH.2Na/c1-5-11(13)14-10-8-7-9-12(3,4)6-2;1-5-10(12)13-9-7-8-11(3,4)6-2;1-4-9(2,3)7-5-6-8-10;1-4-8(2,3)6-5-7-9;1-5-7-8(3,4)6-2;1-2-4-5-3-1;2*1-2-3(4)5;;;/h5,7-8H,1,6,9-10H2,2-4H3;5H,1,6-9H2,2-4H3;5-6H,4,7-8H2,1-3H3;4-7H2,1-3H3;5H,1,6-7H2,2-4H3;1-4H2;2*2H,1H2,(H,4,5);1H;;/q;;;;;;;;;2*+1/p-2/b8-7+;;6-5+;;;;;;;;. The van der Waals surface area contributed by atoms with Crippen LogP contribution in [0.2, 0.25) is 0 Å². The molecule has 0 N–H and O–H groups in total. The fourth-order valence-electron chi connectivity index (χ4n) is 4.14. The first kappa shape index (κ1) is 93.9. The maximum atomic E-state index is 10.7. The molecule has 1 heterocycles. The summed E-state index contributed by atoms with van der Waals surface area (Å²) in [6.45, 7) is 52.7. The van der Waals surface area contributed by atoms with Crippen molar-refractivity contribution < 1.29 is 103 Å². The number of hydrogen-bond donors (Lipinski definition) is 0. The molecule has 0 spiro atoms. The predicted molar refractivity (Wildman–Crippen MR) is 312 cm³/mol. The molecule has 0 unspecified atom stereocenters. The molecule has 0 radical (unpaired) electrons. The molecule has 72 heavy (non-hydrogen) atoms. The molecule has 1 aliphatic heterocycles. The van der Waals surface area contributed by atoms with Crippen molar-refractivity contribution in [2.75, 3.05) is 37.1 Å². The van der Waals surface area contributed by atoms with Crippen molar-refractivity contribution in [3.8, 4) is 0 Å². The average Bonchev–Trinajstić information content (AvgIpc) is 3.91. The molecule has 1 aliphatic rings. The summed E-state index contributed by atoms with van der Waals surface area (Å²) in [5.41, 5.74) is 2.22. The van der Waals surface area contributed by atoms with E-state index in [4.69, 9.17) is 34.0 Å². The summed E-state index contributed by atoms with van der Waals surface area (Å²) in [4.78, 5) is 39.6. The number of halogens is 3. The molecule has 0 aliphatic carbocycles. The number of alkyl halides is 2. The van der Waals surface area contributed by atoms with Gasteiger partial charge in [-0.05, 0) is 97.0 Å². The van der Waals surface area contributed by atoms with E-state index < -0.39 is 11.9 Å². The normalized spacial score (nSPS) is 11.3. The molecule has 14 heteroatoms. The Kier molecular flexibility index (Phi) is 82.2. The molecule has 0 aromatic heterocycles. The van der Waals surface area contributed by atoms with Gasteiger partial charge >= 0.3 is 71.1 Å². The van der Waals surface area contributed by atoms with Gasteiger partial charge in [-0.1, -0.05) is 225 Å². The average molecular weight is 1230 g/mol. The van der Waals surface area contributed by atoms with Crippen LogP contribution in [-0.4, -0.2) is 61.0 Å². The molecule has 1 fully saturated rings. The van der Waals surface area contributed by atoms with Gasteiger partial charge < -0.3 is 34.0 Å². The van der Waals surface area contributed by atoms with Crippen molar-refractivity contribution >= 4 is 72.7 Å². The number of aliphatic carboxylic acids is 2. The number of carbonyl (C=O) groups is 4. The van der Waals surface area contributed by atoms with Gasteiger partial charge in [0.15, 0.2) is 0 Å². The van der Waals surface area contributed by atoms with Gasteiger partial charge in [-0.2, -0.15) is 0 Å². The number of hydrogen-bond acceptors (Lipinski definition) is 9. The fourth-order valence-corrected chi connectivity index (χ4v) is 4.69. The van der Waals surface area contributed by atoms with Crippen molar-refractivity contribution in [1.29, 1.82) is 0 Å². The molecule has 0 saturated carbocycles. The number of carboxylic acid groups (broad SMARTS) is 2. The molecular weight excluding hydrogens is 1130 g/mol. The molecule has 0 amide bonds. The summed E-state index contributed by atoms with van der Waals surface area (Å²) >= 11 is 6.78. The van der Waals surface area contributed by atoms with Gasteiger partial charge in [-0.25, -0.2) is 9.59 Å². The quantitative estimate of drug-likeness (QED) is 0.0218. The van der Waals surface area contributed by atoms with Crippen LogP contribution < -0.4 is 69.3 Å². The van der Waals surface area contributed by atoms with Gasteiger partial charge in [0.2, 0.25) is 0 Å². The molecule has 0 aromatic rings. The van der Waals surface area contributed by atoms with Gasteiger partial charge in [0.05, 0.1) is 18.5 Å². The number of carbonyl (C=O) groups excluding carboxylic acids is 4. The summed E-state index contributed by atoms with van der Waals surface area (Å²) in [7, 11) is 0. The third-order valence-electron chi connectivity index (χ3n) is 11.3. The monoisotopic (exact) mass is 1230 g/mol. The van der Waals surface area contributed by atoms with Gasteiger partial charge in [0.25, 0.3) is 0 Å². The number of allylic oxidation sites excluding steroid dienone is 4. The zero-order valence-corrected chi connectivity index (χ0v) is 58.1. The molecule has 0 aromatic carbocycles. The Morgan fingerprint density at radius 1 is 0.528 bits per heavy atom. The van der Waals surface area contributed by atoms with Crippen LogP contribution in [0.1, 0.15) is 194 Å².